The highest BCUT2D eigenvalue weighted by atomic mass is 15.1. The maximum absolute atomic E-state index is 2.51. The molecule has 296 valence electrons. The van der Waals surface area contributed by atoms with Gasteiger partial charge in [-0.3, -0.25) is 0 Å². The standard InChI is InChI=1S/C61H42N2/c1-3-15-41(16-4-1)42-27-32-46(33-28-42)62(47-34-29-43(30-35-47)44-31-38-60-54(39-44)53-22-10-14-26-59(53)63(60)45-17-5-2-6-18-45)48-36-37-52-51-21-9-13-25-57(51)61(58(52)40-48)55-23-11-7-19-49(55)50-20-8-12-24-56(50)61/h1-8,10-20,22-40H,9,21H2. The van der Waals surface area contributed by atoms with Gasteiger partial charge in [-0.1, -0.05) is 164 Å². The lowest BCUT2D eigenvalue weighted by Crippen LogP contribution is -2.27. The van der Waals surface area contributed by atoms with Crippen LogP contribution in [0.5, 0.6) is 0 Å². The van der Waals surface area contributed by atoms with E-state index >= 15 is 0 Å². The summed E-state index contributed by atoms with van der Waals surface area (Å²) in [7, 11) is 0. The van der Waals surface area contributed by atoms with Gasteiger partial charge in [0.1, 0.15) is 0 Å². The third-order valence-corrected chi connectivity index (χ3v) is 13.9. The van der Waals surface area contributed by atoms with Crippen molar-refractivity contribution in [2.24, 2.45) is 0 Å². The smallest absolute Gasteiger partial charge is 0.0722 e. The highest BCUT2D eigenvalue weighted by Gasteiger charge is 2.52. The van der Waals surface area contributed by atoms with E-state index in [1.165, 1.54) is 94.3 Å². The minimum atomic E-state index is -0.375. The molecule has 3 aliphatic carbocycles. The number of nitrogens with zero attached hydrogens (tertiary/aromatic N) is 2. The molecule has 3 aliphatic rings. The van der Waals surface area contributed by atoms with Crippen molar-refractivity contribution in [1.82, 2.24) is 4.57 Å². The molecule has 10 aromatic rings. The number of hydrogen-bond donors (Lipinski definition) is 0. The number of anilines is 3. The minimum absolute atomic E-state index is 0.375. The zero-order chi connectivity index (χ0) is 41.5. The second kappa shape index (κ2) is 14.1. The molecule has 0 bridgehead atoms. The number of allylic oxidation sites excluding steroid dienone is 4. The van der Waals surface area contributed by atoms with Gasteiger partial charge in [0.05, 0.1) is 16.4 Å². The van der Waals surface area contributed by atoms with Crippen LogP contribution in [0.4, 0.5) is 17.1 Å². The summed E-state index contributed by atoms with van der Waals surface area (Å²) in [5.74, 6) is 0. The molecule has 1 aromatic heterocycles. The average molecular weight is 803 g/mol. The molecule has 0 N–H and O–H groups in total. The molecule has 13 rings (SSSR count). The van der Waals surface area contributed by atoms with Crippen LogP contribution in [0.25, 0.3) is 66.4 Å². The Morgan fingerprint density at radius 1 is 0.397 bits per heavy atom. The van der Waals surface area contributed by atoms with Crippen molar-refractivity contribution in [2.75, 3.05) is 4.90 Å². The number of benzene rings is 9. The first kappa shape index (κ1) is 35.8. The summed E-state index contributed by atoms with van der Waals surface area (Å²) in [5, 5.41) is 2.51. The van der Waals surface area contributed by atoms with Gasteiger partial charge in [0, 0.05) is 33.5 Å². The number of fused-ring (bicyclic) bond motifs is 12. The van der Waals surface area contributed by atoms with Gasteiger partial charge in [-0.2, -0.15) is 0 Å². The van der Waals surface area contributed by atoms with E-state index in [2.05, 4.69) is 240 Å². The Bertz CT molecular complexity index is 3430. The molecule has 0 amide bonds. The number of hydrogen-bond acceptors (Lipinski definition) is 1. The first-order valence-corrected chi connectivity index (χ1v) is 22.1. The summed E-state index contributed by atoms with van der Waals surface area (Å²) >= 11 is 0. The molecule has 0 saturated heterocycles. The maximum Gasteiger partial charge on any atom is 0.0722 e. The van der Waals surface area contributed by atoms with E-state index in [1.54, 1.807) is 0 Å². The van der Waals surface area contributed by atoms with Crippen molar-refractivity contribution >= 4 is 44.4 Å². The van der Waals surface area contributed by atoms with E-state index in [-0.39, 0.29) is 5.41 Å². The second-order valence-electron chi connectivity index (χ2n) is 17.1. The van der Waals surface area contributed by atoms with E-state index in [0.29, 0.717) is 0 Å². The number of rotatable bonds is 6. The molecule has 0 unspecified atom stereocenters. The summed E-state index contributed by atoms with van der Waals surface area (Å²) in [4.78, 5) is 2.45. The van der Waals surface area contributed by atoms with E-state index in [0.717, 1.165) is 29.9 Å². The SMILES string of the molecule is C1=CC2=C(CC1)c1ccc(N(c3ccc(-c4ccccc4)cc3)c3ccc(-c4ccc5c(c4)c4ccccc4n5-c4ccccc4)cc3)cc1C21c2ccccc2-c2ccccc21. The largest absolute Gasteiger partial charge is 0.310 e. The Morgan fingerprint density at radius 3 is 1.67 bits per heavy atom. The molecule has 1 spiro atoms. The topological polar surface area (TPSA) is 8.17 Å². The Morgan fingerprint density at radius 2 is 0.952 bits per heavy atom. The highest BCUT2D eigenvalue weighted by molar-refractivity contribution is 6.10. The van der Waals surface area contributed by atoms with Crippen LogP contribution >= 0.6 is 0 Å². The third kappa shape index (κ3) is 5.31. The number of para-hydroxylation sites is 2. The van der Waals surface area contributed by atoms with Gasteiger partial charge in [0.2, 0.25) is 0 Å². The molecule has 2 heteroatoms. The molecular weight excluding hydrogens is 761 g/mol. The lowest BCUT2D eigenvalue weighted by molar-refractivity contribution is 0.780. The van der Waals surface area contributed by atoms with Crippen molar-refractivity contribution < 1.29 is 0 Å². The van der Waals surface area contributed by atoms with Gasteiger partial charge in [-0.15, -0.1) is 0 Å². The molecule has 63 heavy (non-hydrogen) atoms. The summed E-state index contributed by atoms with van der Waals surface area (Å²) in [6.07, 6.45) is 6.94. The zero-order valence-electron chi connectivity index (χ0n) is 34.7. The van der Waals surface area contributed by atoms with Gasteiger partial charge in [0.15, 0.2) is 0 Å². The molecule has 0 radical (unpaired) electrons. The van der Waals surface area contributed by atoms with Crippen LogP contribution in [-0.2, 0) is 5.41 Å². The Hall–Kier alpha value is -7.94. The van der Waals surface area contributed by atoms with Crippen LogP contribution in [0.3, 0.4) is 0 Å². The first-order valence-electron chi connectivity index (χ1n) is 22.1. The number of aromatic nitrogens is 1. The van der Waals surface area contributed by atoms with Gasteiger partial charge >= 0.3 is 0 Å². The van der Waals surface area contributed by atoms with Crippen molar-refractivity contribution in [3.63, 3.8) is 0 Å². The van der Waals surface area contributed by atoms with E-state index in [1.807, 2.05) is 0 Å². The van der Waals surface area contributed by atoms with Crippen molar-refractivity contribution in [3.8, 4) is 39.1 Å². The lowest BCUT2D eigenvalue weighted by Gasteiger charge is -2.33. The van der Waals surface area contributed by atoms with E-state index in [9.17, 15) is 0 Å². The molecule has 0 atom stereocenters. The van der Waals surface area contributed by atoms with Crippen LogP contribution in [-0.4, -0.2) is 4.57 Å². The fourth-order valence-electron chi connectivity index (χ4n) is 11.2. The Kier molecular flexibility index (Phi) is 7.98. The van der Waals surface area contributed by atoms with E-state index < -0.39 is 0 Å². The second-order valence-corrected chi connectivity index (χ2v) is 17.1. The third-order valence-electron chi connectivity index (χ3n) is 13.9. The van der Waals surface area contributed by atoms with Crippen molar-refractivity contribution in [3.05, 3.63) is 258 Å². The van der Waals surface area contributed by atoms with Crippen LogP contribution in [0, 0.1) is 0 Å². The summed E-state index contributed by atoms with van der Waals surface area (Å²) in [6, 6.07) is 80.8. The minimum Gasteiger partial charge on any atom is -0.310 e. The van der Waals surface area contributed by atoms with Crippen LogP contribution in [0.2, 0.25) is 0 Å². The highest BCUT2D eigenvalue weighted by Crippen LogP contribution is 2.64. The van der Waals surface area contributed by atoms with Gasteiger partial charge < -0.3 is 9.47 Å². The fourth-order valence-corrected chi connectivity index (χ4v) is 11.2. The summed E-state index contributed by atoms with van der Waals surface area (Å²) in [6.45, 7) is 0. The Balaban J connectivity index is 0.963. The van der Waals surface area contributed by atoms with Gasteiger partial charge in [-0.05, 0) is 146 Å². The molecule has 0 fully saturated rings. The molecule has 1 heterocycles. The predicted molar refractivity (Wildman–Crippen MR) is 263 cm³/mol. The van der Waals surface area contributed by atoms with Crippen molar-refractivity contribution in [2.45, 2.75) is 18.3 Å². The zero-order valence-corrected chi connectivity index (χ0v) is 34.7. The monoisotopic (exact) mass is 802 g/mol. The molecule has 2 nitrogen and oxygen atoms in total. The fraction of sp³-hybridized carbons (Fsp3) is 0.0492. The van der Waals surface area contributed by atoms with Crippen LogP contribution in [0.1, 0.15) is 35.1 Å². The van der Waals surface area contributed by atoms with Crippen LogP contribution in [0.15, 0.2) is 236 Å². The van der Waals surface area contributed by atoms with Crippen LogP contribution < -0.4 is 4.90 Å². The molecule has 0 aliphatic heterocycles. The quantitative estimate of drug-likeness (QED) is 0.163. The Labute approximate surface area is 368 Å². The molecule has 9 aromatic carbocycles. The molecular formula is C61H42N2. The lowest BCUT2D eigenvalue weighted by atomic mass is 9.69. The first-order chi connectivity index (χ1) is 31.3. The molecule has 0 saturated carbocycles. The maximum atomic E-state index is 2.51. The van der Waals surface area contributed by atoms with Gasteiger partial charge in [0.25, 0.3) is 0 Å². The normalized spacial score (nSPS) is 14.2. The van der Waals surface area contributed by atoms with Crippen molar-refractivity contribution in [1.29, 1.82) is 0 Å². The van der Waals surface area contributed by atoms with E-state index in [4.69, 9.17) is 0 Å². The predicted octanol–water partition coefficient (Wildman–Crippen LogP) is 16.0. The summed E-state index contributed by atoms with van der Waals surface area (Å²) in [5.41, 5.74) is 22.5. The average Bonchev–Trinajstić information content (AvgIpc) is 3.96. The summed E-state index contributed by atoms with van der Waals surface area (Å²) < 4.78 is 2.38. The van der Waals surface area contributed by atoms with Gasteiger partial charge in [-0.25, -0.2) is 0 Å².